The van der Waals surface area contributed by atoms with Crippen LogP contribution in [0.4, 0.5) is 11.5 Å². The Morgan fingerprint density at radius 3 is 2.41 bits per heavy atom. The molecule has 2 aromatic carbocycles. The molecule has 4 rings (SSSR count). The fraction of sp³-hybridized carbons (Fsp3) is 0.261. The quantitative estimate of drug-likeness (QED) is 0.461. The summed E-state index contributed by atoms with van der Waals surface area (Å²) in [5, 5.41) is 11.8. The number of fused-ring (bicyclic) bond motifs is 1. The summed E-state index contributed by atoms with van der Waals surface area (Å²) in [5.74, 6) is 0.749. The number of hydrogen-bond donors (Lipinski definition) is 2. The van der Waals surface area contributed by atoms with Crippen LogP contribution in [0.5, 0.6) is 0 Å². The SMILES string of the molecule is CCN(CC)CCc1ccc(Nc2ncnc3n[nH]c(-c4ccccc4)c23)cc1. The van der Waals surface area contributed by atoms with Gasteiger partial charge in [0, 0.05) is 17.8 Å². The molecule has 148 valence electrons. The summed E-state index contributed by atoms with van der Waals surface area (Å²) in [4.78, 5) is 11.2. The Morgan fingerprint density at radius 2 is 1.69 bits per heavy atom. The molecular formula is C23H26N6. The minimum atomic E-state index is 0.650. The summed E-state index contributed by atoms with van der Waals surface area (Å²) in [6.45, 7) is 7.68. The van der Waals surface area contributed by atoms with Gasteiger partial charge in [-0.15, -0.1) is 0 Å². The average molecular weight is 387 g/mol. The molecule has 0 aliphatic heterocycles. The van der Waals surface area contributed by atoms with Crippen molar-refractivity contribution in [3.8, 4) is 11.3 Å². The molecule has 4 aromatic rings. The van der Waals surface area contributed by atoms with E-state index in [-0.39, 0.29) is 0 Å². The molecule has 2 aromatic heterocycles. The van der Waals surface area contributed by atoms with Crippen molar-refractivity contribution in [3.63, 3.8) is 0 Å². The van der Waals surface area contributed by atoms with Crippen molar-refractivity contribution in [1.82, 2.24) is 25.1 Å². The minimum absolute atomic E-state index is 0.650. The van der Waals surface area contributed by atoms with Crippen LogP contribution >= 0.6 is 0 Å². The van der Waals surface area contributed by atoms with Crippen LogP contribution in [0.15, 0.2) is 60.9 Å². The lowest BCUT2D eigenvalue weighted by Crippen LogP contribution is -2.25. The Bertz CT molecular complexity index is 1050. The zero-order chi connectivity index (χ0) is 20.1. The van der Waals surface area contributed by atoms with Gasteiger partial charge in [-0.05, 0) is 37.2 Å². The Morgan fingerprint density at radius 1 is 0.931 bits per heavy atom. The van der Waals surface area contributed by atoms with E-state index in [1.54, 1.807) is 6.33 Å². The first-order valence-corrected chi connectivity index (χ1v) is 10.1. The van der Waals surface area contributed by atoms with Gasteiger partial charge in [-0.3, -0.25) is 5.10 Å². The molecule has 0 fully saturated rings. The smallest absolute Gasteiger partial charge is 0.186 e. The standard InChI is InChI=1S/C23H26N6/c1-3-29(4-2)15-14-17-10-12-19(13-11-17)26-22-20-21(18-8-6-5-7-9-18)27-28-23(20)25-16-24-22/h5-13,16H,3-4,14-15H2,1-2H3,(H2,24,25,26,27,28). The zero-order valence-electron chi connectivity index (χ0n) is 16.9. The number of hydrogen-bond acceptors (Lipinski definition) is 5. The van der Waals surface area contributed by atoms with Crippen LogP contribution in [-0.4, -0.2) is 44.7 Å². The maximum absolute atomic E-state index is 4.48. The zero-order valence-corrected chi connectivity index (χ0v) is 16.9. The maximum Gasteiger partial charge on any atom is 0.186 e. The van der Waals surface area contributed by atoms with Gasteiger partial charge in [-0.25, -0.2) is 9.97 Å². The van der Waals surface area contributed by atoms with Crippen molar-refractivity contribution in [2.24, 2.45) is 0 Å². The summed E-state index contributed by atoms with van der Waals surface area (Å²) in [6.07, 6.45) is 2.60. The second-order valence-electron chi connectivity index (χ2n) is 6.98. The van der Waals surface area contributed by atoms with Crippen LogP contribution in [-0.2, 0) is 6.42 Å². The molecule has 0 amide bonds. The number of benzene rings is 2. The lowest BCUT2D eigenvalue weighted by atomic mass is 10.1. The molecule has 0 unspecified atom stereocenters. The number of aromatic nitrogens is 4. The number of likely N-dealkylation sites (N-methyl/N-ethyl adjacent to an activating group) is 1. The van der Waals surface area contributed by atoms with E-state index in [2.05, 4.69) is 80.6 Å². The molecule has 0 aliphatic carbocycles. The van der Waals surface area contributed by atoms with Gasteiger partial charge in [0.15, 0.2) is 5.65 Å². The monoisotopic (exact) mass is 386 g/mol. The van der Waals surface area contributed by atoms with Crippen molar-refractivity contribution < 1.29 is 0 Å². The molecule has 0 saturated carbocycles. The van der Waals surface area contributed by atoms with Crippen LogP contribution in [0.25, 0.3) is 22.3 Å². The van der Waals surface area contributed by atoms with E-state index in [4.69, 9.17) is 0 Å². The third kappa shape index (κ3) is 4.27. The number of rotatable bonds is 8. The maximum atomic E-state index is 4.48. The third-order valence-corrected chi connectivity index (χ3v) is 5.24. The van der Waals surface area contributed by atoms with Crippen LogP contribution in [0.2, 0.25) is 0 Å². The van der Waals surface area contributed by atoms with Gasteiger partial charge in [0.2, 0.25) is 0 Å². The fourth-order valence-electron chi connectivity index (χ4n) is 3.48. The van der Waals surface area contributed by atoms with Gasteiger partial charge in [-0.2, -0.15) is 5.10 Å². The predicted octanol–water partition coefficient (Wildman–Crippen LogP) is 4.65. The summed E-state index contributed by atoms with van der Waals surface area (Å²) in [6, 6.07) is 18.7. The highest BCUT2D eigenvalue weighted by Crippen LogP contribution is 2.31. The van der Waals surface area contributed by atoms with Crippen molar-refractivity contribution in [1.29, 1.82) is 0 Å². The van der Waals surface area contributed by atoms with Crippen LogP contribution in [0.1, 0.15) is 19.4 Å². The lowest BCUT2D eigenvalue weighted by Gasteiger charge is -2.17. The molecule has 2 heterocycles. The second-order valence-corrected chi connectivity index (χ2v) is 6.98. The first-order valence-electron chi connectivity index (χ1n) is 10.1. The summed E-state index contributed by atoms with van der Waals surface area (Å²) >= 11 is 0. The van der Waals surface area contributed by atoms with E-state index in [1.807, 2.05) is 18.2 Å². The number of nitrogens with one attached hydrogen (secondary N) is 2. The van der Waals surface area contributed by atoms with E-state index >= 15 is 0 Å². The van der Waals surface area contributed by atoms with Gasteiger partial charge in [0.25, 0.3) is 0 Å². The van der Waals surface area contributed by atoms with Gasteiger partial charge in [0.1, 0.15) is 12.1 Å². The van der Waals surface area contributed by atoms with Gasteiger partial charge < -0.3 is 10.2 Å². The van der Waals surface area contributed by atoms with E-state index in [0.717, 1.165) is 54.2 Å². The second kappa shape index (κ2) is 8.84. The van der Waals surface area contributed by atoms with Crippen molar-refractivity contribution in [3.05, 3.63) is 66.5 Å². The van der Waals surface area contributed by atoms with Gasteiger partial charge >= 0.3 is 0 Å². The molecule has 2 N–H and O–H groups in total. The van der Waals surface area contributed by atoms with Gasteiger partial charge in [0.05, 0.1) is 11.1 Å². The van der Waals surface area contributed by atoms with Crippen LogP contribution in [0.3, 0.4) is 0 Å². The molecule has 0 aliphatic rings. The highest BCUT2D eigenvalue weighted by molar-refractivity contribution is 5.99. The predicted molar refractivity (Wildman–Crippen MR) is 118 cm³/mol. The Hall–Kier alpha value is -3.25. The first kappa shape index (κ1) is 19.1. The Labute approximate surface area is 171 Å². The molecule has 6 heteroatoms. The minimum Gasteiger partial charge on any atom is -0.339 e. The Balaban J connectivity index is 1.56. The fourth-order valence-corrected chi connectivity index (χ4v) is 3.48. The molecule has 6 nitrogen and oxygen atoms in total. The van der Waals surface area contributed by atoms with E-state index in [0.29, 0.717) is 5.65 Å². The topological polar surface area (TPSA) is 69.7 Å². The molecule has 0 bridgehead atoms. The molecule has 0 saturated heterocycles. The summed E-state index contributed by atoms with van der Waals surface area (Å²) in [5.41, 5.74) is 4.96. The molecule has 29 heavy (non-hydrogen) atoms. The van der Waals surface area contributed by atoms with E-state index < -0.39 is 0 Å². The number of aromatic amines is 1. The summed E-state index contributed by atoms with van der Waals surface area (Å²) < 4.78 is 0. The first-order chi connectivity index (χ1) is 14.3. The lowest BCUT2D eigenvalue weighted by molar-refractivity contribution is 0.308. The van der Waals surface area contributed by atoms with Crippen molar-refractivity contribution in [2.75, 3.05) is 25.0 Å². The van der Waals surface area contributed by atoms with Gasteiger partial charge in [-0.1, -0.05) is 56.3 Å². The summed E-state index contributed by atoms with van der Waals surface area (Å²) in [7, 11) is 0. The molecular weight excluding hydrogens is 360 g/mol. The molecule has 0 spiro atoms. The molecule has 0 radical (unpaired) electrons. The largest absolute Gasteiger partial charge is 0.339 e. The Kier molecular flexibility index (Phi) is 5.81. The van der Waals surface area contributed by atoms with Crippen LogP contribution < -0.4 is 5.32 Å². The van der Waals surface area contributed by atoms with Crippen molar-refractivity contribution in [2.45, 2.75) is 20.3 Å². The third-order valence-electron chi connectivity index (χ3n) is 5.24. The van der Waals surface area contributed by atoms with E-state index in [1.165, 1.54) is 5.56 Å². The average Bonchev–Trinajstić information content (AvgIpc) is 3.21. The highest BCUT2D eigenvalue weighted by atomic mass is 15.2. The number of H-pyrrole nitrogens is 1. The van der Waals surface area contributed by atoms with E-state index in [9.17, 15) is 0 Å². The molecule has 0 atom stereocenters. The normalized spacial score (nSPS) is 11.3. The highest BCUT2D eigenvalue weighted by Gasteiger charge is 2.14. The van der Waals surface area contributed by atoms with Crippen molar-refractivity contribution >= 4 is 22.5 Å². The number of nitrogens with zero attached hydrogens (tertiary/aromatic N) is 4. The van der Waals surface area contributed by atoms with Crippen LogP contribution in [0, 0.1) is 0 Å². The number of anilines is 2.